The molecule has 5 nitrogen and oxygen atoms in total. The van der Waals surface area contributed by atoms with Gasteiger partial charge in [-0.05, 0) is 54.6 Å². The van der Waals surface area contributed by atoms with Gasteiger partial charge in [0.25, 0.3) is 5.91 Å². The maximum atomic E-state index is 12.8. The summed E-state index contributed by atoms with van der Waals surface area (Å²) in [6.07, 6.45) is -1.53. The van der Waals surface area contributed by atoms with E-state index in [0.717, 1.165) is 17.7 Å². The molecule has 164 valence electrons. The van der Waals surface area contributed by atoms with Crippen LogP contribution in [0.1, 0.15) is 21.5 Å². The summed E-state index contributed by atoms with van der Waals surface area (Å²) < 4.78 is 43.6. The Bertz CT molecular complexity index is 1140. The highest BCUT2D eigenvalue weighted by atomic mass is 19.4. The normalized spacial score (nSPS) is 11.2. The van der Waals surface area contributed by atoms with E-state index in [9.17, 15) is 22.8 Å². The fourth-order valence-corrected chi connectivity index (χ4v) is 2.83. The van der Waals surface area contributed by atoms with Crippen LogP contribution in [0.2, 0.25) is 0 Å². The molecule has 2 amide bonds. The Morgan fingerprint density at radius 1 is 0.875 bits per heavy atom. The van der Waals surface area contributed by atoms with Gasteiger partial charge in [-0.1, -0.05) is 24.3 Å². The lowest BCUT2D eigenvalue weighted by Crippen LogP contribution is -2.13. The molecule has 0 heterocycles. The molecule has 0 aliphatic rings. The molecule has 0 aliphatic carbocycles. The first-order valence-electron chi connectivity index (χ1n) is 9.47. The van der Waals surface area contributed by atoms with Gasteiger partial charge in [0.2, 0.25) is 5.91 Å². The Hall–Kier alpha value is -4.07. The van der Waals surface area contributed by atoms with Gasteiger partial charge >= 0.3 is 6.18 Å². The minimum Gasteiger partial charge on any atom is -0.496 e. The third-order valence-corrected chi connectivity index (χ3v) is 4.42. The number of amides is 2. The van der Waals surface area contributed by atoms with Crippen LogP contribution in [0.25, 0.3) is 6.08 Å². The fourth-order valence-electron chi connectivity index (χ4n) is 2.83. The molecule has 0 fully saturated rings. The molecular weight excluding hydrogens is 421 g/mol. The van der Waals surface area contributed by atoms with Gasteiger partial charge in [-0.15, -0.1) is 0 Å². The first kappa shape index (κ1) is 22.6. The highest BCUT2D eigenvalue weighted by molar-refractivity contribution is 6.05. The number of anilines is 2. The second-order valence-corrected chi connectivity index (χ2v) is 6.67. The van der Waals surface area contributed by atoms with E-state index in [2.05, 4.69) is 10.6 Å². The first-order chi connectivity index (χ1) is 15.3. The zero-order chi connectivity index (χ0) is 23.1. The van der Waals surface area contributed by atoms with Crippen LogP contribution in [-0.4, -0.2) is 18.9 Å². The molecule has 0 atom stereocenters. The standard InChI is InChI=1S/C24H19F3N2O3/c1-32-21-8-3-2-5-16(21)11-14-22(30)28-19-12-9-17(10-13-19)23(31)29-20-7-4-6-18(15-20)24(25,26)27/h2-15H,1H3,(H,28,30)(H,29,31)/b14-11+. The number of rotatable bonds is 6. The predicted octanol–water partition coefficient (Wildman–Crippen LogP) is 5.62. The van der Waals surface area contributed by atoms with Gasteiger partial charge in [0.1, 0.15) is 5.75 Å². The number of carbonyl (C=O) groups excluding carboxylic acids is 2. The zero-order valence-corrected chi connectivity index (χ0v) is 16.9. The first-order valence-corrected chi connectivity index (χ1v) is 9.47. The Balaban J connectivity index is 1.61. The minimum absolute atomic E-state index is 0.0312. The molecule has 0 saturated heterocycles. The van der Waals surface area contributed by atoms with Gasteiger partial charge in [0.05, 0.1) is 12.7 Å². The second-order valence-electron chi connectivity index (χ2n) is 6.67. The molecule has 3 aromatic carbocycles. The van der Waals surface area contributed by atoms with Crippen LogP contribution in [0.4, 0.5) is 24.5 Å². The van der Waals surface area contributed by atoms with E-state index in [-0.39, 0.29) is 17.2 Å². The molecule has 0 bridgehead atoms. The molecule has 3 rings (SSSR count). The summed E-state index contributed by atoms with van der Waals surface area (Å²) in [6.45, 7) is 0. The van der Waals surface area contributed by atoms with Crippen LogP contribution >= 0.6 is 0 Å². The zero-order valence-electron chi connectivity index (χ0n) is 16.9. The van der Waals surface area contributed by atoms with Crippen LogP contribution in [0, 0.1) is 0 Å². The number of alkyl halides is 3. The summed E-state index contributed by atoms with van der Waals surface area (Å²) >= 11 is 0. The molecule has 32 heavy (non-hydrogen) atoms. The SMILES string of the molecule is COc1ccccc1/C=C/C(=O)Nc1ccc(C(=O)Nc2cccc(C(F)(F)F)c2)cc1. The van der Waals surface area contributed by atoms with Gasteiger partial charge < -0.3 is 15.4 Å². The van der Waals surface area contributed by atoms with Gasteiger partial charge in [-0.2, -0.15) is 13.2 Å². The summed E-state index contributed by atoms with van der Waals surface area (Å²) in [5, 5.41) is 5.10. The lowest BCUT2D eigenvalue weighted by Gasteiger charge is -2.10. The van der Waals surface area contributed by atoms with E-state index >= 15 is 0 Å². The van der Waals surface area contributed by atoms with Crippen molar-refractivity contribution >= 4 is 29.3 Å². The van der Waals surface area contributed by atoms with Gasteiger partial charge in [0.15, 0.2) is 0 Å². The maximum absolute atomic E-state index is 12.8. The number of carbonyl (C=O) groups is 2. The van der Waals surface area contributed by atoms with Gasteiger partial charge in [0, 0.05) is 28.6 Å². The van der Waals surface area contributed by atoms with Crippen molar-refractivity contribution in [1.29, 1.82) is 0 Å². The number of hydrogen-bond donors (Lipinski definition) is 2. The molecule has 0 unspecified atom stereocenters. The predicted molar refractivity (Wildman–Crippen MR) is 116 cm³/mol. The van der Waals surface area contributed by atoms with E-state index < -0.39 is 17.6 Å². The summed E-state index contributed by atoms with van der Waals surface area (Å²) in [7, 11) is 1.54. The Kier molecular flexibility index (Phi) is 6.94. The van der Waals surface area contributed by atoms with Gasteiger partial charge in [-0.25, -0.2) is 0 Å². The second kappa shape index (κ2) is 9.82. The van der Waals surface area contributed by atoms with Crippen molar-refractivity contribution < 1.29 is 27.5 Å². The molecule has 8 heteroatoms. The number of ether oxygens (including phenoxy) is 1. The van der Waals surface area contributed by atoms with Crippen LogP contribution in [0.3, 0.4) is 0 Å². The van der Waals surface area contributed by atoms with E-state index in [1.165, 1.54) is 49.6 Å². The average Bonchev–Trinajstić information content (AvgIpc) is 2.78. The van der Waals surface area contributed by atoms with Crippen molar-refractivity contribution in [3.63, 3.8) is 0 Å². The molecular formula is C24H19F3N2O3. The monoisotopic (exact) mass is 440 g/mol. The van der Waals surface area contributed by atoms with Crippen molar-refractivity contribution in [2.24, 2.45) is 0 Å². The van der Waals surface area contributed by atoms with Crippen LogP contribution < -0.4 is 15.4 Å². The maximum Gasteiger partial charge on any atom is 0.416 e. The quantitative estimate of drug-likeness (QED) is 0.489. The number of nitrogens with one attached hydrogen (secondary N) is 2. The number of benzene rings is 3. The molecule has 0 aromatic heterocycles. The summed E-state index contributed by atoms with van der Waals surface area (Å²) in [5.74, 6) is -0.317. The molecule has 0 radical (unpaired) electrons. The van der Waals surface area contributed by atoms with Crippen molar-refractivity contribution in [2.45, 2.75) is 6.18 Å². The van der Waals surface area contributed by atoms with Crippen molar-refractivity contribution in [3.05, 3.63) is 95.6 Å². The number of para-hydroxylation sites is 1. The lowest BCUT2D eigenvalue weighted by molar-refractivity contribution is -0.137. The third kappa shape index (κ3) is 5.98. The summed E-state index contributed by atoms with van der Waals surface area (Å²) in [4.78, 5) is 24.5. The molecule has 3 aromatic rings. The van der Waals surface area contributed by atoms with Gasteiger partial charge in [-0.3, -0.25) is 9.59 Å². The summed E-state index contributed by atoms with van der Waals surface area (Å²) in [5.41, 5.74) is 0.602. The Morgan fingerprint density at radius 3 is 2.28 bits per heavy atom. The highest BCUT2D eigenvalue weighted by Crippen LogP contribution is 2.30. The number of halogens is 3. The van der Waals surface area contributed by atoms with Crippen LogP contribution in [-0.2, 0) is 11.0 Å². The number of hydrogen-bond acceptors (Lipinski definition) is 3. The van der Waals surface area contributed by atoms with E-state index in [0.29, 0.717) is 11.4 Å². The molecule has 0 saturated carbocycles. The van der Waals surface area contributed by atoms with Crippen molar-refractivity contribution in [2.75, 3.05) is 17.7 Å². The smallest absolute Gasteiger partial charge is 0.416 e. The molecule has 0 aliphatic heterocycles. The van der Waals surface area contributed by atoms with E-state index in [1.54, 1.807) is 18.2 Å². The molecule has 0 spiro atoms. The van der Waals surface area contributed by atoms with Crippen LogP contribution in [0.5, 0.6) is 5.75 Å². The van der Waals surface area contributed by atoms with Crippen LogP contribution in [0.15, 0.2) is 78.9 Å². The van der Waals surface area contributed by atoms with Crippen molar-refractivity contribution in [3.8, 4) is 5.75 Å². The largest absolute Gasteiger partial charge is 0.496 e. The van der Waals surface area contributed by atoms with Crippen molar-refractivity contribution in [1.82, 2.24) is 0 Å². The fraction of sp³-hybridized carbons (Fsp3) is 0.0833. The van der Waals surface area contributed by atoms with E-state index in [4.69, 9.17) is 4.74 Å². The molecule has 2 N–H and O–H groups in total. The van der Waals surface area contributed by atoms with E-state index in [1.807, 2.05) is 12.1 Å². The highest BCUT2D eigenvalue weighted by Gasteiger charge is 2.30. The topological polar surface area (TPSA) is 67.4 Å². The number of methoxy groups -OCH3 is 1. The lowest BCUT2D eigenvalue weighted by atomic mass is 10.1. The summed E-state index contributed by atoms with van der Waals surface area (Å²) in [6, 6.07) is 17.6. The minimum atomic E-state index is -4.50. The third-order valence-electron chi connectivity index (χ3n) is 4.42. The Morgan fingerprint density at radius 2 is 1.59 bits per heavy atom. The average molecular weight is 440 g/mol. The Labute approximate surface area is 182 Å².